The van der Waals surface area contributed by atoms with Crippen LogP contribution in [0.5, 0.6) is 0 Å². The molecule has 1 aromatic carbocycles. The number of likely N-dealkylation sites (tertiary alicyclic amines) is 1. The van der Waals surface area contributed by atoms with Crippen LogP contribution in [0.4, 0.5) is 0 Å². The fraction of sp³-hybridized carbons (Fsp3) is 0.588. The third-order valence-corrected chi connectivity index (χ3v) is 5.85. The lowest BCUT2D eigenvalue weighted by Gasteiger charge is -2.41. The molecule has 0 spiro atoms. The van der Waals surface area contributed by atoms with Gasteiger partial charge >= 0.3 is 5.97 Å². The number of piperidine rings is 1. The Morgan fingerprint density at radius 2 is 1.90 bits per heavy atom. The largest absolute Gasteiger partial charge is 0.478 e. The van der Waals surface area contributed by atoms with Crippen LogP contribution in [-0.4, -0.2) is 29.1 Å². The van der Waals surface area contributed by atoms with E-state index in [1.807, 2.05) is 6.07 Å². The van der Waals surface area contributed by atoms with Crippen LogP contribution < -0.4 is 0 Å². The summed E-state index contributed by atoms with van der Waals surface area (Å²) in [6.45, 7) is 7.77. The molecule has 4 heteroatoms. The summed E-state index contributed by atoms with van der Waals surface area (Å²) in [4.78, 5) is 13.4. The Bertz CT molecular complexity index is 502. The molecule has 116 valence electrons. The minimum absolute atomic E-state index is 0.334. The third-order valence-electron chi connectivity index (χ3n) is 5.11. The Labute approximate surface area is 135 Å². The van der Waals surface area contributed by atoms with Crippen molar-refractivity contribution in [2.75, 3.05) is 13.1 Å². The number of carbonyl (C=O) groups is 1. The molecule has 1 N–H and O–H groups in total. The number of rotatable bonds is 5. The minimum atomic E-state index is -0.879. The Morgan fingerprint density at radius 1 is 1.29 bits per heavy atom. The van der Waals surface area contributed by atoms with E-state index in [0.717, 1.165) is 24.1 Å². The van der Waals surface area contributed by atoms with E-state index in [-0.39, 0.29) is 0 Å². The molecule has 0 aromatic heterocycles. The Kier molecular flexibility index (Phi) is 5.44. The van der Waals surface area contributed by atoms with Crippen LogP contribution in [0, 0.1) is 5.41 Å². The number of halogens is 1. The molecule has 1 aliphatic rings. The topological polar surface area (TPSA) is 40.5 Å². The van der Waals surface area contributed by atoms with Gasteiger partial charge in [-0.25, -0.2) is 4.79 Å². The third kappa shape index (κ3) is 3.86. The number of carboxylic acids is 1. The second kappa shape index (κ2) is 6.93. The van der Waals surface area contributed by atoms with Gasteiger partial charge < -0.3 is 5.11 Å². The SMILES string of the molecule is CCC1(CC)CCN(Cc2ccc(C(=O)O)cc2Br)CC1. The molecule has 1 saturated heterocycles. The van der Waals surface area contributed by atoms with Gasteiger partial charge in [0, 0.05) is 11.0 Å². The summed E-state index contributed by atoms with van der Waals surface area (Å²) >= 11 is 3.50. The van der Waals surface area contributed by atoms with E-state index in [1.165, 1.54) is 31.2 Å². The van der Waals surface area contributed by atoms with Crippen molar-refractivity contribution in [2.45, 2.75) is 46.1 Å². The predicted octanol–water partition coefficient (Wildman–Crippen LogP) is 4.55. The zero-order chi connectivity index (χ0) is 15.5. The van der Waals surface area contributed by atoms with E-state index in [2.05, 4.69) is 34.7 Å². The van der Waals surface area contributed by atoms with Gasteiger partial charge in [-0.1, -0.05) is 48.7 Å². The highest BCUT2D eigenvalue weighted by molar-refractivity contribution is 9.10. The molecule has 0 amide bonds. The van der Waals surface area contributed by atoms with E-state index in [4.69, 9.17) is 5.11 Å². The van der Waals surface area contributed by atoms with Crippen molar-refractivity contribution < 1.29 is 9.90 Å². The number of nitrogens with zero attached hydrogens (tertiary/aromatic N) is 1. The van der Waals surface area contributed by atoms with E-state index in [1.54, 1.807) is 12.1 Å². The van der Waals surface area contributed by atoms with Gasteiger partial charge in [-0.2, -0.15) is 0 Å². The van der Waals surface area contributed by atoms with Crippen LogP contribution in [0.1, 0.15) is 55.5 Å². The summed E-state index contributed by atoms with van der Waals surface area (Å²) in [5.74, 6) is -0.879. The highest BCUT2D eigenvalue weighted by Crippen LogP contribution is 2.38. The molecular weight excluding hydrogens is 330 g/mol. The quantitative estimate of drug-likeness (QED) is 0.843. The second-order valence-electron chi connectivity index (χ2n) is 6.09. The standard InChI is InChI=1S/C17H24BrNO2/c1-3-17(4-2)7-9-19(10-8-17)12-14-6-5-13(16(20)21)11-15(14)18/h5-6,11H,3-4,7-10,12H2,1-2H3,(H,20,21). The number of aromatic carboxylic acids is 1. The Hall–Kier alpha value is -0.870. The number of carboxylic acid groups (broad SMARTS) is 1. The van der Waals surface area contributed by atoms with Crippen molar-refractivity contribution in [3.63, 3.8) is 0 Å². The van der Waals surface area contributed by atoms with E-state index >= 15 is 0 Å². The maximum Gasteiger partial charge on any atom is 0.335 e. The van der Waals surface area contributed by atoms with Crippen molar-refractivity contribution in [3.05, 3.63) is 33.8 Å². The summed E-state index contributed by atoms with van der Waals surface area (Å²) in [5, 5.41) is 9.00. The molecule has 21 heavy (non-hydrogen) atoms. The average Bonchev–Trinajstić information content (AvgIpc) is 2.50. The molecule has 0 radical (unpaired) electrons. The van der Waals surface area contributed by atoms with E-state index in [9.17, 15) is 4.79 Å². The van der Waals surface area contributed by atoms with Crippen LogP contribution in [0.25, 0.3) is 0 Å². The van der Waals surface area contributed by atoms with Crippen LogP contribution in [-0.2, 0) is 6.54 Å². The van der Waals surface area contributed by atoms with Crippen molar-refractivity contribution in [1.82, 2.24) is 4.90 Å². The average molecular weight is 354 g/mol. The molecule has 1 heterocycles. The smallest absolute Gasteiger partial charge is 0.335 e. The van der Waals surface area contributed by atoms with Crippen molar-refractivity contribution in [2.24, 2.45) is 5.41 Å². The number of benzene rings is 1. The minimum Gasteiger partial charge on any atom is -0.478 e. The normalized spacial score (nSPS) is 18.6. The molecule has 0 aliphatic carbocycles. The summed E-state index contributed by atoms with van der Waals surface area (Å²) in [7, 11) is 0. The van der Waals surface area contributed by atoms with Gasteiger partial charge in [0.2, 0.25) is 0 Å². The lowest BCUT2D eigenvalue weighted by molar-refractivity contribution is 0.0696. The monoisotopic (exact) mass is 353 g/mol. The Balaban J connectivity index is 1.99. The first-order chi connectivity index (χ1) is 9.99. The Morgan fingerprint density at radius 3 is 2.38 bits per heavy atom. The van der Waals surface area contributed by atoms with Crippen LogP contribution in [0.15, 0.2) is 22.7 Å². The van der Waals surface area contributed by atoms with Crippen molar-refractivity contribution in [3.8, 4) is 0 Å². The van der Waals surface area contributed by atoms with Crippen LogP contribution in [0.3, 0.4) is 0 Å². The fourth-order valence-corrected chi connectivity index (χ4v) is 3.70. The molecule has 1 fully saturated rings. The molecular formula is C17H24BrNO2. The van der Waals surface area contributed by atoms with Crippen LogP contribution in [0.2, 0.25) is 0 Å². The van der Waals surface area contributed by atoms with Crippen molar-refractivity contribution in [1.29, 1.82) is 0 Å². The maximum absolute atomic E-state index is 11.0. The highest BCUT2D eigenvalue weighted by atomic mass is 79.9. The molecule has 0 unspecified atom stereocenters. The molecule has 0 atom stereocenters. The lowest BCUT2D eigenvalue weighted by atomic mass is 9.74. The first-order valence-electron chi connectivity index (χ1n) is 7.74. The summed E-state index contributed by atoms with van der Waals surface area (Å²) in [6, 6.07) is 5.31. The maximum atomic E-state index is 11.0. The number of hydrogen-bond donors (Lipinski definition) is 1. The first-order valence-corrected chi connectivity index (χ1v) is 8.53. The molecule has 0 bridgehead atoms. The summed E-state index contributed by atoms with van der Waals surface area (Å²) in [5.41, 5.74) is 2.04. The van der Waals surface area contributed by atoms with Gasteiger partial charge in [0.15, 0.2) is 0 Å². The fourth-order valence-electron chi connectivity index (χ4n) is 3.19. The molecule has 3 nitrogen and oxygen atoms in total. The molecule has 2 rings (SSSR count). The molecule has 1 aromatic rings. The van der Waals surface area contributed by atoms with Gasteiger partial charge in [0.1, 0.15) is 0 Å². The van der Waals surface area contributed by atoms with Gasteiger partial charge in [0.05, 0.1) is 5.56 Å². The van der Waals surface area contributed by atoms with Gasteiger partial charge in [-0.3, -0.25) is 4.90 Å². The van der Waals surface area contributed by atoms with Gasteiger partial charge in [-0.15, -0.1) is 0 Å². The predicted molar refractivity (Wildman–Crippen MR) is 88.6 cm³/mol. The van der Waals surface area contributed by atoms with E-state index in [0.29, 0.717) is 11.0 Å². The molecule has 1 aliphatic heterocycles. The zero-order valence-electron chi connectivity index (χ0n) is 12.9. The summed E-state index contributed by atoms with van der Waals surface area (Å²) in [6.07, 6.45) is 5.08. The van der Waals surface area contributed by atoms with Gasteiger partial charge in [-0.05, 0) is 49.0 Å². The number of hydrogen-bond acceptors (Lipinski definition) is 2. The van der Waals surface area contributed by atoms with Gasteiger partial charge in [0.25, 0.3) is 0 Å². The second-order valence-corrected chi connectivity index (χ2v) is 6.95. The van der Waals surface area contributed by atoms with Crippen LogP contribution >= 0.6 is 15.9 Å². The van der Waals surface area contributed by atoms with Crippen molar-refractivity contribution >= 4 is 21.9 Å². The first kappa shape index (κ1) is 16.5. The zero-order valence-corrected chi connectivity index (χ0v) is 14.4. The summed E-state index contributed by atoms with van der Waals surface area (Å²) < 4.78 is 0.894. The van der Waals surface area contributed by atoms with E-state index < -0.39 is 5.97 Å². The molecule has 0 saturated carbocycles. The highest BCUT2D eigenvalue weighted by Gasteiger charge is 2.31. The lowest BCUT2D eigenvalue weighted by Crippen LogP contribution is -2.39.